The van der Waals surface area contributed by atoms with Gasteiger partial charge in [0.1, 0.15) is 0 Å². The van der Waals surface area contributed by atoms with Gasteiger partial charge in [0, 0.05) is 26.8 Å². The van der Waals surface area contributed by atoms with Crippen LogP contribution in [-0.2, 0) is 4.74 Å². The van der Waals surface area contributed by atoms with E-state index < -0.39 is 5.97 Å². The molecule has 20 heavy (non-hydrogen) atoms. The zero-order valence-electron chi connectivity index (χ0n) is 10.8. The average Bonchev–Trinajstić information content (AvgIpc) is 2.46. The van der Waals surface area contributed by atoms with Gasteiger partial charge in [-0.25, -0.2) is 9.78 Å². The van der Waals surface area contributed by atoms with Gasteiger partial charge >= 0.3 is 5.97 Å². The summed E-state index contributed by atoms with van der Waals surface area (Å²) in [5.74, 6) is 0.0266. The highest BCUT2D eigenvalue weighted by molar-refractivity contribution is 9.10. The highest BCUT2D eigenvalue weighted by atomic mass is 79.9. The fraction of sp³-hybridized carbons (Fsp3) is 0.143. The summed E-state index contributed by atoms with van der Waals surface area (Å²) in [5, 5.41) is 0.422. The standard InChI is InChI=1S/C14H11BrClNO3/c1-19-13-11(6-9(15)7-17-13)10-4-3-8(5-12(10)16)14(18)20-2/h3-7H,1-2H3. The predicted molar refractivity (Wildman–Crippen MR) is 80.3 cm³/mol. The summed E-state index contributed by atoms with van der Waals surface area (Å²) in [6, 6.07) is 6.79. The molecule has 104 valence electrons. The topological polar surface area (TPSA) is 48.4 Å². The smallest absolute Gasteiger partial charge is 0.337 e. The zero-order chi connectivity index (χ0) is 14.7. The van der Waals surface area contributed by atoms with Gasteiger partial charge in [0.25, 0.3) is 0 Å². The maximum absolute atomic E-state index is 11.5. The first-order valence-corrected chi connectivity index (χ1v) is 6.81. The van der Waals surface area contributed by atoms with Gasteiger partial charge in [-0.2, -0.15) is 0 Å². The van der Waals surface area contributed by atoms with Crippen molar-refractivity contribution in [3.8, 4) is 17.0 Å². The Kier molecular flexibility index (Phi) is 4.62. The molecule has 0 aliphatic heterocycles. The van der Waals surface area contributed by atoms with Crippen LogP contribution < -0.4 is 4.74 Å². The van der Waals surface area contributed by atoms with Gasteiger partial charge in [0.05, 0.1) is 19.8 Å². The lowest BCUT2D eigenvalue weighted by Gasteiger charge is -2.10. The van der Waals surface area contributed by atoms with Crippen LogP contribution in [0, 0.1) is 0 Å². The number of rotatable bonds is 3. The molecule has 0 saturated carbocycles. The predicted octanol–water partition coefficient (Wildman–Crippen LogP) is 3.96. The normalized spacial score (nSPS) is 10.2. The summed E-state index contributed by atoms with van der Waals surface area (Å²) < 4.78 is 10.7. The fourth-order valence-electron chi connectivity index (χ4n) is 1.76. The molecular weight excluding hydrogens is 346 g/mol. The van der Waals surface area contributed by atoms with E-state index in [0.717, 1.165) is 15.6 Å². The van der Waals surface area contributed by atoms with Crippen molar-refractivity contribution in [2.45, 2.75) is 0 Å². The van der Waals surface area contributed by atoms with Crippen molar-refractivity contribution in [3.63, 3.8) is 0 Å². The number of esters is 1. The molecule has 2 aromatic rings. The number of methoxy groups -OCH3 is 2. The van der Waals surface area contributed by atoms with Gasteiger partial charge in [-0.3, -0.25) is 0 Å². The van der Waals surface area contributed by atoms with Gasteiger partial charge in [-0.15, -0.1) is 0 Å². The molecular formula is C14H11BrClNO3. The van der Waals surface area contributed by atoms with Crippen molar-refractivity contribution in [2.75, 3.05) is 14.2 Å². The van der Waals surface area contributed by atoms with Crippen molar-refractivity contribution < 1.29 is 14.3 Å². The summed E-state index contributed by atoms with van der Waals surface area (Å²) in [6.07, 6.45) is 1.64. The lowest BCUT2D eigenvalue weighted by molar-refractivity contribution is 0.0601. The van der Waals surface area contributed by atoms with E-state index >= 15 is 0 Å². The first-order valence-electron chi connectivity index (χ1n) is 5.64. The minimum atomic E-state index is -0.433. The summed E-state index contributed by atoms with van der Waals surface area (Å²) in [7, 11) is 2.86. The molecule has 0 N–H and O–H groups in total. The molecule has 0 fully saturated rings. The Hall–Kier alpha value is -1.59. The highest BCUT2D eigenvalue weighted by Gasteiger charge is 2.14. The summed E-state index contributed by atoms with van der Waals surface area (Å²) in [5.41, 5.74) is 1.86. The Morgan fingerprint density at radius 3 is 2.60 bits per heavy atom. The monoisotopic (exact) mass is 355 g/mol. The third-order valence-corrected chi connectivity index (χ3v) is 3.44. The third-order valence-electron chi connectivity index (χ3n) is 2.69. The van der Waals surface area contributed by atoms with E-state index in [2.05, 4.69) is 25.7 Å². The Morgan fingerprint density at radius 2 is 2.00 bits per heavy atom. The molecule has 0 amide bonds. The van der Waals surface area contributed by atoms with Crippen LogP contribution in [0.1, 0.15) is 10.4 Å². The van der Waals surface area contributed by atoms with E-state index in [-0.39, 0.29) is 0 Å². The molecule has 4 nitrogen and oxygen atoms in total. The second-order valence-electron chi connectivity index (χ2n) is 3.90. The second kappa shape index (κ2) is 6.24. The number of carbonyl (C=O) groups is 1. The SMILES string of the molecule is COC(=O)c1ccc(-c2cc(Br)cnc2OC)c(Cl)c1. The van der Waals surface area contributed by atoms with E-state index in [4.69, 9.17) is 16.3 Å². The minimum absolute atomic E-state index is 0.392. The molecule has 1 heterocycles. The number of ether oxygens (including phenoxy) is 2. The van der Waals surface area contributed by atoms with Gasteiger partial charge in [0.15, 0.2) is 0 Å². The molecule has 0 aliphatic carbocycles. The number of nitrogens with zero attached hydrogens (tertiary/aromatic N) is 1. The lowest BCUT2D eigenvalue weighted by Crippen LogP contribution is -2.01. The number of benzene rings is 1. The van der Waals surface area contributed by atoms with Crippen LogP contribution >= 0.6 is 27.5 Å². The van der Waals surface area contributed by atoms with Gasteiger partial charge in [0.2, 0.25) is 5.88 Å². The number of pyridine rings is 1. The fourth-order valence-corrected chi connectivity index (χ4v) is 2.37. The summed E-state index contributed by atoms with van der Waals surface area (Å²) in [4.78, 5) is 15.6. The highest BCUT2D eigenvalue weighted by Crippen LogP contribution is 2.35. The van der Waals surface area contributed by atoms with Crippen LogP contribution in [-0.4, -0.2) is 25.2 Å². The zero-order valence-corrected chi connectivity index (χ0v) is 13.2. The molecule has 0 spiro atoms. The molecule has 0 radical (unpaired) electrons. The van der Waals surface area contributed by atoms with Gasteiger partial charge < -0.3 is 9.47 Å². The molecule has 0 aliphatic rings. The number of halogens is 2. The molecule has 1 aromatic carbocycles. The van der Waals surface area contributed by atoms with Crippen molar-refractivity contribution in [2.24, 2.45) is 0 Å². The number of aromatic nitrogens is 1. The third kappa shape index (κ3) is 2.94. The summed E-state index contributed by atoms with van der Waals surface area (Å²) >= 11 is 9.60. The molecule has 0 bridgehead atoms. The van der Waals surface area contributed by atoms with E-state index in [1.807, 2.05) is 6.07 Å². The molecule has 0 atom stereocenters. The van der Waals surface area contributed by atoms with Crippen LogP contribution in [0.5, 0.6) is 5.88 Å². The Morgan fingerprint density at radius 1 is 1.25 bits per heavy atom. The van der Waals surface area contributed by atoms with Crippen LogP contribution in [0.3, 0.4) is 0 Å². The van der Waals surface area contributed by atoms with E-state index in [9.17, 15) is 4.79 Å². The van der Waals surface area contributed by atoms with E-state index in [1.54, 1.807) is 24.4 Å². The first-order chi connectivity index (χ1) is 9.56. The van der Waals surface area contributed by atoms with Gasteiger partial charge in [-0.05, 0) is 34.1 Å². The van der Waals surface area contributed by atoms with E-state index in [1.165, 1.54) is 14.2 Å². The Balaban J connectivity index is 2.54. The van der Waals surface area contributed by atoms with Crippen LogP contribution in [0.25, 0.3) is 11.1 Å². The lowest BCUT2D eigenvalue weighted by atomic mass is 10.0. The van der Waals surface area contributed by atoms with Crippen molar-refractivity contribution >= 4 is 33.5 Å². The number of hydrogen-bond donors (Lipinski definition) is 0. The van der Waals surface area contributed by atoms with Crippen LogP contribution in [0.2, 0.25) is 5.02 Å². The molecule has 2 rings (SSSR count). The average molecular weight is 357 g/mol. The molecule has 0 saturated heterocycles. The number of carbonyl (C=O) groups excluding carboxylic acids is 1. The molecule has 0 unspecified atom stereocenters. The molecule has 6 heteroatoms. The number of hydrogen-bond acceptors (Lipinski definition) is 4. The Labute approximate surface area is 129 Å². The minimum Gasteiger partial charge on any atom is -0.481 e. The van der Waals surface area contributed by atoms with Crippen LogP contribution in [0.4, 0.5) is 0 Å². The quantitative estimate of drug-likeness (QED) is 0.781. The van der Waals surface area contributed by atoms with E-state index in [0.29, 0.717) is 16.5 Å². The molecule has 1 aromatic heterocycles. The largest absolute Gasteiger partial charge is 0.481 e. The van der Waals surface area contributed by atoms with Crippen molar-refractivity contribution in [3.05, 3.63) is 45.5 Å². The van der Waals surface area contributed by atoms with Gasteiger partial charge in [-0.1, -0.05) is 17.7 Å². The van der Waals surface area contributed by atoms with Crippen LogP contribution in [0.15, 0.2) is 34.9 Å². The Bertz CT molecular complexity index is 661. The maximum Gasteiger partial charge on any atom is 0.337 e. The summed E-state index contributed by atoms with van der Waals surface area (Å²) in [6.45, 7) is 0. The maximum atomic E-state index is 11.5. The second-order valence-corrected chi connectivity index (χ2v) is 5.22. The van der Waals surface area contributed by atoms with Crippen molar-refractivity contribution in [1.82, 2.24) is 4.98 Å². The van der Waals surface area contributed by atoms with Crippen molar-refractivity contribution in [1.29, 1.82) is 0 Å². The first kappa shape index (κ1) is 14.8.